The van der Waals surface area contributed by atoms with Gasteiger partial charge in [-0.1, -0.05) is 24.0 Å². The first-order valence-electron chi connectivity index (χ1n) is 9.01. The van der Waals surface area contributed by atoms with Crippen LogP contribution in [-0.4, -0.2) is 25.0 Å². The van der Waals surface area contributed by atoms with E-state index in [1.165, 1.54) is 11.3 Å². The van der Waals surface area contributed by atoms with E-state index in [9.17, 15) is 5.11 Å². The van der Waals surface area contributed by atoms with Crippen molar-refractivity contribution in [2.75, 3.05) is 5.73 Å². The molecule has 0 radical (unpaired) electrons. The van der Waals surface area contributed by atoms with Gasteiger partial charge < -0.3 is 10.8 Å². The molecular formula is C22H19N5OS. The summed E-state index contributed by atoms with van der Waals surface area (Å²) in [4.78, 5) is 18.1. The second-order valence-electron chi connectivity index (χ2n) is 6.89. The Hall–Kier alpha value is -3.34. The maximum absolute atomic E-state index is 10.7. The van der Waals surface area contributed by atoms with Crippen molar-refractivity contribution < 1.29 is 5.11 Å². The Labute approximate surface area is 172 Å². The topological polar surface area (TPSA) is 97.8 Å². The monoisotopic (exact) mass is 401 g/mol. The molecule has 4 aromatic rings. The van der Waals surface area contributed by atoms with Gasteiger partial charge in [-0.05, 0) is 45.0 Å². The SMILES string of the molecule is Cc1nc(N)c2nc(-c3cccc(C#CC(C)(O)c4scnc4C)c3)ccc2n1. The largest absolute Gasteiger partial charge is 0.382 e. The molecule has 6 nitrogen and oxygen atoms in total. The van der Waals surface area contributed by atoms with Gasteiger partial charge in [-0.25, -0.2) is 19.9 Å². The maximum Gasteiger partial charge on any atom is 0.159 e. The average Bonchev–Trinajstić information content (AvgIpc) is 3.13. The number of anilines is 1. The molecule has 1 aromatic carbocycles. The molecule has 0 spiro atoms. The smallest absolute Gasteiger partial charge is 0.159 e. The van der Waals surface area contributed by atoms with E-state index in [2.05, 4.69) is 31.8 Å². The Bertz CT molecular complexity index is 1280. The lowest BCUT2D eigenvalue weighted by Crippen LogP contribution is -2.18. The van der Waals surface area contributed by atoms with Gasteiger partial charge in [0, 0.05) is 11.1 Å². The second-order valence-corrected chi connectivity index (χ2v) is 7.74. The van der Waals surface area contributed by atoms with Crippen LogP contribution in [0.25, 0.3) is 22.3 Å². The molecule has 0 bridgehead atoms. The second kappa shape index (κ2) is 7.24. The zero-order valence-corrected chi connectivity index (χ0v) is 17.1. The van der Waals surface area contributed by atoms with Gasteiger partial charge in [-0.2, -0.15) is 0 Å². The normalized spacial score (nSPS) is 13.0. The van der Waals surface area contributed by atoms with Crippen molar-refractivity contribution in [3.05, 3.63) is 63.9 Å². The third-order valence-corrected chi connectivity index (χ3v) is 5.62. The van der Waals surface area contributed by atoms with E-state index < -0.39 is 5.60 Å². The molecule has 7 heteroatoms. The molecule has 29 heavy (non-hydrogen) atoms. The molecule has 0 saturated heterocycles. The first kappa shape index (κ1) is 19.0. The minimum absolute atomic E-state index is 0.362. The molecule has 3 aromatic heterocycles. The van der Waals surface area contributed by atoms with E-state index in [1.807, 2.05) is 43.3 Å². The molecule has 0 aliphatic heterocycles. The number of nitrogens with two attached hydrogens (primary N) is 1. The predicted octanol–water partition coefficient (Wildman–Crippen LogP) is 3.61. The van der Waals surface area contributed by atoms with Gasteiger partial charge in [0.05, 0.1) is 27.3 Å². The summed E-state index contributed by atoms with van der Waals surface area (Å²) in [6, 6.07) is 11.5. The Morgan fingerprint density at radius 3 is 2.69 bits per heavy atom. The highest BCUT2D eigenvalue weighted by atomic mass is 32.1. The summed E-state index contributed by atoms with van der Waals surface area (Å²) in [6.45, 7) is 5.35. The number of hydrogen-bond donors (Lipinski definition) is 2. The Morgan fingerprint density at radius 2 is 1.93 bits per heavy atom. The zero-order chi connectivity index (χ0) is 20.6. The molecule has 0 saturated carbocycles. The number of thiazole rings is 1. The van der Waals surface area contributed by atoms with Crippen LogP contribution in [0.4, 0.5) is 5.82 Å². The highest BCUT2D eigenvalue weighted by Gasteiger charge is 2.24. The molecule has 3 N–H and O–H groups in total. The number of nitrogen functional groups attached to an aromatic ring is 1. The minimum Gasteiger partial charge on any atom is -0.382 e. The van der Waals surface area contributed by atoms with E-state index in [-0.39, 0.29) is 0 Å². The van der Waals surface area contributed by atoms with Gasteiger partial charge >= 0.3 is 0 Å². The number of aliphatic hydroxyl groups is 1. The summed E-state index contributed by atoms with van der Waals surface area (Å²) in [7, 11) is 0. The van der Waals surface area contributed by atoms with Crippen molar-refractivity contribution in [3.63, 3.8) is 0 Å². The summed E-state index contributed by atoms with van der Waals surface area (Å²) >= 11 is 1.40. The number of fused-ring (bicyclic) bond motifs is 1. The van der Waals surface area contributed by atoms with Crippen molar-refractivity contribution in [1.82, 2.24) is 19.9 Å². The van der Waals surface area contributed by atoms with Crippen LogP contribution in [0.1, 0.15) is 28.9 Å². The third-order valence-electron chi connectivity index (χ3n) is 4.48. The first-order valence-corrected chi connectivity index (χ1v) is 9.89. The van der Waals surface area contributed by atoms with E-state index in [0.29, 0.717) is 22.7 Å². The summed E-state index contributed by atoms with van der Waals surface area (Å²) < 4.78 is 0. The molecule has 4 rings (SSSR count). The first-order chi connectivity index (χ1) is 13.8. The van der Waals surface area contributed by atoms with Gasteiger partial charge in [0.1, 0.15) is 11.3 Å². The van der Waals surface area contributed by atoms with Crippen LogP contribution in [-0.2, 0) is 5.60 Å². The zero-order valence-electron chi connectivity index (χ0n) is 16.3. The van der Waals surface area contributed by atoms with Crippen molar-refractivity contribution in [2.45, 2.75) is 26.4 Å². The number of nitrogens with zero attached hydrogens (tertiary/aromatic N) is 4. The molecule has 0 aliphatic carbocycles. The van der Waals surface area contributed by atoms with E-state index in [1.54, 1.807) is 19.4 Å². The number of hydrogen-bond acceptors (Lipinski definition) is 7. The molecule has 1 unspecified atom stereocenters. The standard InChI is InChI=1S/C22H19N5OS/c1-13-20(29-12-24-13)22(3,28)10-9-15-5-4-6-16(11-15)17-7-8-18-19(27-17)21(23)26-14(2)25-18/h4-8,11-12,28H,1-3H3,(H2,23,25,26). The van der Waals surface area contributed by atoms with Gasteiger partial charge in [0.15, 0.2) is 11.4 Å². The van der Waals surface area contributed by atoms with Crippen molar-refractivity contribution >= 4 is 28.2 Å². The van der Waals surface area contributed by atoms with Crippen molar-refractivity contribution in [3.8, 4) is 23.1 Å². The Kier molecular flexibility index (Phi) is 4.74. The highest BCUT2D eigenvalue weighted by molar-refractivity contribution is 7.09. The Balaban J connectivity index is 1.70. The van der Waals surface area contributed by atoms with Crippen LogP contribution in [0.15, 0.2) is 41.9 Å². The van der Waals surface area contributed by atoms with Crippen LogP contribution in [0, 0.1) is 25.7 Å². The molecule has 0 amide bonds. The predicted molar refractivity (Wildman–Crippen MR) is 115 cm³/mol. The van der Waals surface area contributed by atoms with Crippen LogP contribution < -0.4 is 5.73 Å². The van der Waals surface area contributed by atoms with Gasteiger partial charge in [-0.15, -0.1) is 11.3 Å². The fraction of sp³-hybridized carbons (Fsp3) is 0.182. The number of aryl methyl sites for hydroxylation is 2. The third kappa shape index (κ3) is 3.81. The summed E-state index contributed by atoms with van der Waals surface area (Å²) in [5.74, 6) is 7.00. The van der Waals surface area contributed by atoms with Crippen molar-refractivity contribution in [1.29, 1.82) is 0 Å². The Morgan fingerprint density at radius 1 is 1.10 bits per heavy atom. The maximum atomic E-state index is 10.7. The number of aromatic nitrogens is 4. The van der Waals surface area contributed by atoms with Crippen LogP contribution in [0.3, 0.4) is 0 Å². The molecular weight excluding hydrogens is 382 g/mol. The fourth-order valence-corrected chi connectivity index (χ4v) is 3.91. The van der Waals surface area contributed by atoms with E-state index >= 15 is 0 Å². The minimum atomic E-state index is -1.26. The van der Waals surface area contributed by atoms with Crippen molar-refractivity contribution in [2.24, 2.45) is 0 Å². The summed E-state index contributed by atoms with van der Waals surface area (Å²) in [5.41, 5.74) is 11.0. The van der Waals surface area contributed by atoms with E-state index in [0.717, 1.165) is 27.4 Å². The number of benzene rings is 1. The highest BCUT2D eigenvalue weighted by Crippen LogP contribution is 2.27. The lowest BCUT2D eigenvalue weighted by Gasteiger charge is -2.14. The lowest BCUT2D eigenvalue weighted by molar-refractivity contribution is 0.125. The van der Waals surface area contributed by atoms with Crippen LogP contribution in [0.2, 0.25) is 0 Å². The van der Waals surface area contributed by atoms with Crippen LogP contribution >= 0.6 is 11.3 Å². The lowest BCUT2D eigenvalue weighted by atomic mass is 10.0. The molecule has 0 fully saturated rings. The molecule has 1 atom stereocenters. The average molecular weight is 401 g/mol. The summed E-state index contributed by atoms with van der Waals surface area (Å²) in [5, 5.41) is 10.7. The number of pyridine rings is 1. The molecule has 144 valence electrons. The quantitative estimate of drug-likeness (QED) is 0.498. The van der Waals surface area contributed by atoms with Gasteiger partial charge in [0.2, 0.25) is 0 Å². The summed E-state index contributed by atoms with van der Waals surface area (Å²) in [6.07, 6.45) is 0. The fourth-order valence-electron chi connectivity index (χ4n) is 3.09. The van der Waals surface area contributed by atoms with Gasteiger partial charge in [0.25, 0.3) is 0 Å². The van der Waals surface area contributed by atoms with Crippen LogP contribution in [0.5, 0.6) is 0 Å². The van der Waals surface area contributed by atoms with E-state index in [4.69, 9.17) is 5.73 Å². The molecule has 3 heterocycles. The number of rotatable bonds is 2. The van der Waals surface area contributed by atoms with Gasteiger partial charge in [-0.3, -0.25) is 0 Å². The molecule has 0 aliphatic rings.